The summed E-state index contributed by atoms with van der Waals surface area (Å²) in [5.74, 6) is -1.51. The van der Waals surface area contributed by atoms with Crippen LogP contribution in [0.4, 0.5) is 28.6 Å². The molecule has 1 aromatic rings. The highest BCUT2D eigenvalue weighted by molar-refractivity contribution is 6.50. The fourth-order valence-corrected chi connectivity index (χ4v) is 0.983. The van der Waals surface area contributed by atoms with E-state index in [2.05, 4.69) is 4.98 Å². The number of nitrogens with zero attached hydrogens (tertiary/aromatic N) is 3. The van der Waals surface area contributed by atoms with E-state index in [-0.39, 0.29) is 5.69 Å². The zero-order valence-electron chi connectivity index (χ0n) is 8.83. The van der Waals surface area contributed by atoms with Crippen molar-refractivity contribution < 1.29 is 32.1 Å². The number of hydrogen-bond acceptors (Lipinski definition) is 4. The maximum Gasteiger partial charge on any atom is 0.673 e. The molecule has 1 rings (SSSR count). The van der Waals surface area contributed by atoms with E-state index in [1.54, 1.807) is 0 Å². The molecule has 19 heavy (non-hydrogen) atoms. The average Bonchev–Trinajstić information content (AvgIpc) is 2.25. The number of hydrogen-bond donors (Lipinski definition) is 1. The van der Waals surface area contributed by atoms with E-state index in [0.717, 1.165) is 12.1 Å². The minimum Gasteiger partial charge on any atom is -0.477 e. The molecular formula is C7H4BF4N3O4. The van der Waals surface area contributed by atoms with Gasteiger partial charge in [0.25, 0.3) is 5.69 Å². The standard InChI is InChI=1S/C7H3N3O4.BF4/c8-9-4-2-1-3-5(10(13)14)6(4)7(11)12;2-1(3,4)5/h1-3H;/q;-1/p+1. The van der Waals surface area contributed by atoms with Gasteiger partial charge in [-0.25, -0.2) is 4.79 Å². The molecular weight excluding hydrogens is 277 g/mol. The van der Waals surface area contributed by atoms with Crippen LogP contribution in [0.25, 0.3) is 4.98 Å². The zero-order chi connectivity index (χ0) is 15.2. The molecule has 0 fully saturated rings. The van der Waals surface area contributed by atoms with Gasteiger partial charge in [-0.05, 0) is 6.07 Å². The number of carboxylic acids is 1. The lowest BCUT2D eigenvalue weighted by atomic mass is 10.1. The number of nitro groups is 1. The van der Waals surface area contributed by atoms with Crippen molar-refractivity contribution in [2.45, 2.75) is 0 Å². The lowest BCUT2D eigenvalue weighted by Crippen LogP contribution is -2.02. The van der Waals surface area contributed by atoms with Crippen LogP contribution in [-0.2, 0) is 0 Å². The third-order valence-corrected chi connectivity index (χ3v) is 1.54. The number of rotatable bonds is 2. The van der Waals surface area contributed by atoms with Gasteiger partial charge in [0.2, 0.25) is 11.0 Å². The summed E-state index contributed by atoms with van der Waals surface area (Å²) in [7, 11) is -6.00. The predicted octanol–water partition coefficient (Wildman–Crippen LogP) is 3.08. The van der Waals surface area contributed by atoms with Crippen LogP contribution in [0.1, 0.15) is 10.4 Å². The summed E-state index contributed by atoms with van der Waals surface area (Å²) in [6.45, 7) is 0. The fraction of sp³-hybridized carbons (Fsp3) is 0. The first-order chi connectivity index (χ1) is 8.57. The van der Waals surface area contributed by atoms with Crippen LogP contribution in [0.2, 0.25) is 0 Å². The highest BCUT2D eigenvalue weighted by Crippen LogP contribution is 2.28. The summed E-state index contributed by atoms with van der Waals surface area (Å²) < 4.78 is 39.0. The smallest absolute Gasteiger partial charge is 0.477 e. The molecule has 7 nitrogen and oxygen atoms in total. The molecule has 12 heteroatoms. The maximum atomic E-state index is 10.6. The molecule has 0 amide bonds. The number of halogens is 4. The van der Waals surface area contributed by atoms with Gasteiger partial charge in [0.15, 0.2) is 4.98 Å². The van der Waals surface area contributed by atoms with Crippen LogP contribution in [0.3, 0.4) is 0 Å². The third kappa shape index (κ3) is 5.96. The van der Waals surface area contributed by atoms with Crippen molar-refractivity contribution >= 4 is 24.6 Å². The van der Waals surface area contributed by atoms with E-state index in [1.807, 2.05) is 0 Å². The summed E-state index contributed by atoms with van der Waals surface area (Å²) in [6, 6.07) is 3.42. The van der Waals surface area contributed by atoms with Gasteiger partial charge in [-0.3, -0.25) is 10.1 Å². The number of benzene rings is 1. The first-order valence-electron chi connectivity index (χ1n) is 4.31. The Morgan fingerprint density at radius 2 is 1.84 bits per heavy atom. The molecule has 0 aromatic heterocycles. The van der Waals surface area contributed by atoms with Gasteiger partial charge in [-0.1, -0.05) is 0 Å². The van der Waals surface area contributed by atoms with Crippen molar-refractivity contribution in [1.82, 2.24) is 0 Å². The molecule has 0 saturated carbocycles. The summed E-state index contributed by atoms with van der Waals surface area (Å²) in [5, 5.41) is 27.5. The predicted molar refractivity (Wildman–Crippen MR) is 55.0 cm³/mol. The molecule has 0 radical (unpaired) electrons. The van der Waals surface area contributed by atoms with Crippen LogP contribution < -0.4 is 0 Å². The van der Waals surface area contributed by atoms with Gasteiger partial charge < -0.3 is 22.4 Å². The van der Waals surface area contributed by atoms with Crippen LogP contribution in [-0.4, -0.2) is 23.3 Å². The Bertz CT molecular complexity index is 536. The molecule has 0 heterocycles. The number of aromatic carboxylic acids is 1. The van der Waals surface area contributed by atoms with Crippen molar-refractivity contribution in [1.29, 1.82) is 5.39 Å². The van der Waals surface area contributed by atoms with Gasteiger partial charge in [-0.2, -0.15) is 0 Å². The lowest BCUT2D eigenvalue weighted by molar-refractivity contribution is -0.385. The maximum absolute atomic E-state index is 10.6. The van der Waals surface area contributed by atoms with E-state index in [1.165, 1.54) is 6.07 Å². The Kier molecular flexibility index (Phi) is 5.39. The largest absolute Gasteiger partial charge is 0.673 e. The van der Waals surface area contributed by atoms with E-state index < -0.39 is 29.4 Å². The van der Waals surface area contributed by atoms with Gasteiger partial charge in [0, 0.05) is 12.1 Å². The first-order valence-corrected chi connectivity index (χ1v) is 4.31. The molecule has 1 aromatic carbocycles. The normalized spacial score (nSPS) is 9.84. The van der Waals surface area contributed by atoms with Gasteiger partial charge in [-0.15, -0.1) is 0 Å². The minimum atomic E-state index is -6.00. The summed E-state index contributed by atoms with van der Waals surface area (Å²) in [6.07, 6.45) is 0. The highest BCUT2D eigenvalue weighted by Gasteiger charge is 2.30. The van der Waals surface area contributed by atoms with E-state index in [4.69, 9.17) is 10.5 Å². The molecule has 1 N–H and O–H groups in total. The van der Waals surface area contributed by atoms with Crippen LogP contribution >= 0.6 is 0 Å². The summed E-state index contributed by atoms with van der Waals surface area (Å²) in [5.41, 5.74) is -1.57. The second-order valence-electron chi connectivity index (χ2n) is 2.83. The second-order valence-corrected chi connectivity index (χ2v) is 2.83. The Labute approximate surface area is 102 Å². The average molecular weight is 281 g/mol. The SMILES string of the molecule is F[B-](F)(F)F.N#[N+]c1cccc([N+](=O)[O-])c1C(=O)O. The van der Waals surface area contributed by atoms with Crippen molar-refractivity contribution in [2.24, 2.45) is 0 Å². The molecule has 0 aliphatic heterocycles. The molecule has 0 aliphatic carbocycles. The monoisotopic (exact) mass is 281 g/mol. The first kappa shape index (κ1) is 16.3. The zero-order valence-corrected chi connectivity index (χ0v) is 8.83. The van der Waals surface area contributed by atoms with E-state index in [9.17, 15) is 32.2 Å². The van der Waals surface area contributed by atoms with E-state index >= 15 is 0 Å². The van der Waals surface area contributed by atoms with Gasteiger partial charge in [0.05, 0.1) is 4.92 Å². The lowest BCUT2D eigenvalue weighted by Gasteiger charge is -1.94. The van der Waals surface area contributed by atoms with Gasteiger partial charge in [0.1, 0.15) is 0 Å². The highest BCUT2D eigenvalue weighted by atomic mass is 19.5. The molecule has 0 unspecified atom stereocenters. The van der Waals surface area contributed by atoms with E-state index in [0.29, 0.717) is 0 Å². The number of diazo groups is 1. The van der Waals surface area contributed by atoms with Crippen molar-refractivity contribution in [3.63, 3.8) is 0 Å². The quantitative estimate of drug-likeness (QED) is 0.294. The number of carboxylic acid groups (broad SMARTS) is 1. The third-order valence-electron chi connectivity index (χ3n) is 1.54. The van der Waals surface area contributed by atoms with Crippen LogP contribution in [0.15, 0.2) is 18.2 Å². The number of carbonyl (C=O) groups is 1. The molecule has 0 atom stereocenters. The van der Waals surface area contributed by atoms with Crippen LogP contribution in [0, 0.1) is 15.5 Å². The van der Waals surface area contributed by atoms with Crippen molar-refractivity contribution in [2.75, 3.05) is 0 Å². The van der Waals surface area contributed by atoms with Crippen LogP contribution in [0.5, 0.6) is 0 Å². The van der Waals surface area contributed by atoms with Crippen molar-refractivity contribution in [3.05, 3.63) is 38.9 Å². The number of nitro benzene ring substituents is 1. The molecule has 0 bridgehead atoms. The Balaban J connectivity index is 0.000000555. The summed E-state index contributed by atoms with van der Waals surface area (Å²) in [4.78, 5) is 22.8. The fourth-order valence-electron chi connectivity index (χ4n) is 0.983. The minimum absolute atomic E-state index is 0.341. The topological polar surface area (TPSA) is 109 Å². The summed E-state index contributed by atoms with van der Waals surface area (Å²) >= 11 is 0. The Morgan fingerprint density at radius 3 is 2.16 bits per heavy atom. The molecule has 0 saturated heterocycles. The molecule has 102 valence electrons. The molecule has 0 aliphatic rings. The van der Waals surface area contributed by atoms with Crippen molar-refractivity contribution in [3.8, 4) is 0 Å². The van der Waals surface area contributed by atoms with Gasteiger partial charge >= 0.3 is 18.9 Å². The molecule has 0 spiro atoms. The Morgan fingerprint density at radius 1 is 1.37 bits per heavy atom. The Hall–Kier alpha value is -2.71. The second kappa shape index (κ2) is 6.29.